The molecular formula is C54H75N9O14. The molecule has 3 aliphatic heterocycles. The first kappa shape index (κ1) is 58.6. The number of Topliss-reactive ketones (excluding diaryl/α,β-unsaturated/α-hetero) is 2. The van der Waals surface area contributed by atoms with E-state index in [2.05, 4.69) is 20.3 Å². The van der Waals surface area contributed by atoms with Crippen LogP contribution in [0, 0.1) is 33.8 Å². The molecule has 0 bridgehead atoms. The molecule has 0 unspecified atom stereocenters. The van der Waals surface area contributed by atoms with Gasteiger partial charge in [-0.2, -0.15) is 0 Å². The van der Waals surface area contributed by atoms with Gasteiger partial charge in [-0.05, 0) is 89.8 Å². The van der Waals surface area contributed by atoms with Gasteiger partial charge >= 0.3 is 12.1 Å². The van der Waals surface area contributed by atoms with Crippen LogP contribution in [0.15, 0.2) is 67.5 Å². The molecule has 15 atom stereocenters. The summed E-state index contributed by atoms with van der Waals surface area (Å²) in [4.78, 5) is 80.3. The Hall–Kier alpha value is -6.08. The number of pyridine rings is 1. The molecule has 23 nitrogen and oxygen atoms in total. The number of ketones is 2. The molecule has 0 spiro atoms. The van der Waals surface area contributed by atoms with Crippen LogP contribution in [0.4, 0.5) is 10.5 Å². The van der Waals surface area contributed by atoms with E-state index in [-0.39, 0.29) is 30.9 Å². The molecule has 3 N–H and O–H groups in total. The van der Waals surface area contributed by atoms with Crippen molar-refractivity contribution >= 4 is 29.3 Å². The minimum atomic E-state index is -1.46. The minimum absolute atomic E-state index is 0.0760. The van der Waals surface area contributed by atoms with E-state index in [1.165, 1.54) is 43.0 Å². The number of hydrogen-bond donors (Lipinski definition) is 3. The zero-order chi connectivity index (χ0) is 55.9. The van der Waals surface area contributed by atoms with Gasteiger partial charge in [-0.3, -0.25) is 29.5 Å². The Kier molecular flexibility index (Phi) is 19.5. The van der Waals surface area contributed by atoms with Gasteiger partial charge in [0, 0.05) is 99.4 Å². The number of esters is 1. The quantitative estimate of drug-likeness (QED) is 0.0369. The summed E-state index contributed by atoms with van der Waals surface area (Å²) in [6.45, 7) is 12.7. The molecule has 0 radical (unpaired) electrons. The maximum atomic E-state index is 14.8. The standard InChI is InChI=1S/C54H75N9O14/c1-10-44-54(7)50(61(53(70)77-54)22-12-11-21-60-28-40(56-30-60)37-14-13-20-55-26-37)34(5)45(65)31(2)24-43(73-9)49(33(4)46(66)35(6)51(69)75-44)76-52-48(68)41(25-32(3)74-52)59(8)23-19-38-27-62(58-57-38)42(29-64)47(67)36-15-17-39(18-16-36)63(71)72/h13-18,20,26-28,30-35,41-44,47-50,52,64,67-68H,10-12,19,21-25,29H2,1-9H3/t31-,32-,33+,34+,35-,41+,42-,43-,44-,47-,48-,49-,50-,52+,54-/m1/s1. The van der Waals surface area contributed by atoms with Crippen LogP contribution in [0.25, 0.3) is 11.3 Å². The van der Waals surface area contributed by atoms with Crippen molar-refractivity contribution in [1.29, 1.82) is 0 Å². The Balaban J connectivity index is 1.05. The first-order valence-corrected chi connectivity index (χ1v) is 26.6. The van der Waals surface area contributed by atoms with Gasteiger partial charge in [0.1, 0.15) is 36.1 Å². The van der Waals surface area contributed by atoms with Crippen molar-refractivity contribution in [2.75, 3.05) is 33.9 Å². The molecule has 3 fully saturated rings. The molecule has 4 aromatic rings. The number of aromatic nitrogens is 6. The number of imidazole rings is 1. The number of aryl methyl sites for hydroxylation is 1. The van der Waals surface area contributed by atoms with E-state index in [4.69, 9.17) is 23.7 Å². The van der Waals surface area contributed by atoms with Gasteiger partial charge in [0.15, 0.2) is 17.7 Å². The van der Waals surface area contributed by atoms with E-state index in [9.17, 15) is 44.6 Å². The lowest BCUT2D eigenvalue weighted by Gasteiger charge is -2.45. The summed E-state index contributed by atoms with van der Waals surface area (Å²) >= 11 is 0. The largest absolute Gasteiger partial charge is 0.458 e. The van der Waals surface area contributed by atoms with Crippen LogP contribution >= 0.6 is 0 Å². The lowest BCUT2D eigenvalue weighted by Crippen LogP contribution is -2.59. The summed E-state index contributed by atoms with van der Waals surface area (Å²) in [6, 6.07) is 6.85. The fourth-order valence-electron chi connectivity index (χ4n) is 11.3. The Morgan fingerprint density at radius 2 is 1.73 bits per heavy atom. The lowest BCUT2D eigenvalue weighted by molar-refractivity contribution is -0.384. The highest BCUT2D eigenvalue weighted by atomic mass is 16.7. The van der Waals surface area contributed by atoms with Crippen LogP contribution in [0.5, 0.6) is 0 Å². The molecule has 1 amide bonds. The van der Waals surface area contributed by atoms with E-state index in [0.717, 1.165) is 11.3 Å². The zero-order valence-corrected chi connectivity index (χ0v) is 45.4. The predicted octanol–water partition coefficient (Wildman–Crippen LogP) is 4.92. The number of nitrogens with zero attached hydrogens (tertiary/aromatic N) is 9. The number of aliphatic hydroxyl groups is 3. The minimum Gasteiger partial charge on any atom is -0.458 e. The van der Waals surface area contributed by atoms with Gasteiger partial charge in [-0.25, -0.2) is 14.5 Å². The molecule has 3 saturated heterocycles. The normalized spacial score (nSPS) is 30.4. The van der Waals surface area contributed by atoms with Gasteiger partial charge in [0.25, 0.3) is 5.69 Å². The molecular weight excluding hydrogens is 999 g/mol. The summed E-state index contributed by atoms with van der Waals surface area (Å²) in [6.07, 6.45) is 3.10. The van der Waals surface area contributed by atoms with Crippen LogP contribution in [0.1, 0.15) is 104 Å². The number of ether oxygens (including phenoxy) is 5. The molecule has 1 aromatic carbocycles. The molecule has 420 valence electrons. The molecule has 3 aliphatic rings. The number of rotatable bonds is 19. The summed E-state index contributed by atoms with van der Waals surface area (Å²) in [5, 5.41) is 52.9. The number of benzene rings is 1. The van der Waals surface area contributed by atoms with Crippen LogP contribution in [0.3, 0.4) is 0 Å². The number of methoxy groups -OCH3 is 1. The van der Waals surface area contributed by atoms with E-state index < -0.39 is 120 Å². The third-order valence-electron chi connectivity index (χ3n) is 15.9. The van der Waals surface area contributed by atoms with E-state index in [1.807, 2.05) is 41.8 Å². The fraction of sp³-hybridized carbons (Fsp3) is 0.630. The zero-order valence-electron chi connectivity index (χ0n) is 45.4. The number of nitro benzene ring substituents is 1. The molecule has 77 heavy (non-hydrogen) atoms. The smallest absolute Gasteiger partial charge is 0.410 e. The Labute approximate surface area is 448 Å². The Bertz CT molecular complexity index is 2640. The second-order valence-electron chi connectivity index (χ2n) is 21.2. The summed E-state index contributed by atoms with van der Waals surface area (Å²) in [5.74, 6) is -5.40. The number of amides is 1. The Morgan fingerprint density at radius 1 is 1.00 bits per heavy atom. The van der Waals surface area contributed by atoms with E-state index in [1.54, 1.807) is 64.4 Å². The van der Waals surface area contributed by atoms with Crippen molar-refractivity contribution in [1.82, 2.24) is 39.3 Å². The molecule has 3 aromatic heterocycles. The second-order valence-corrected chi connectivity index (χ2v) is 21.2. The monoisotopic (exact) mass is 1070 g/mol. The van der Waals surface area contributed by atoms with Gasteiger partial charge in [0.2, 0.25) is 0 Å². The van der Waals surface area contributed by atoms with Gasteiger partial charge in [-0.15, -0.1) is 5.10 Å². The van der Waals surface area contributed by atoms with Crippen LogP contribution in [0.2, 0.25) is 0 Å². The number of unbranched alkanes of at least 4 members (excludes halogenated alkanes) is 1. The number of nitro groups is 1. The van der Waals surface area contributed by atoms with Crippen molar-refractivity contribution in [3.63, 3.8) is 0 Å². The van der Waals surface area contributed by atoms with Gasteiger partial charge < -0.3 is 53.4 Å². The highest BCUT2D eigenvalue weighted by Crippen LogP contribution is 2.42. The summed E-state index contributed by atoms with van der Waals surface area (Å²) in [5.41, 5.74) is 0.968. The summed E-state index contributed by atoms with van der Waals surface area (Å²) < 4.78 is 34.7. The maximum absolute atomic E-state index is 14.8. The third kappa shape index (κ3) is 13.1. The van der Waals surface area contributed by atoms with Crippen molar-refractivity contribution in [2.45, 2.75) is 160 Å². The molecule has 0 aliphatic carbocycles. The molecule has 7 rings (SSSR count). The van der Waals surface area contributed by atoms with Crippen molar-refractivity contribution in [3.05, 3.63) is 88.9 Å². The lowest BCUT2D eigenvalue weighted by atomic mass is 9.75. The van der Waals surface area contributed by atoms with Gasteiger partial charge in [-0.1, -0.05) is 32.9 Å². The number of aliphatic hydroxyl groups excluding tert-OH is 3. The number of fused-ring (bicyclic) bond motifs is 1. The molecule has 0 saturated carbocycles. The topological polar surface area (TPSA) is 286 Å². The number of carbonyl (C=O) groups excluding carboxylic acids is 4. The maximum Gasteiger partial charge on any atom is 0.410 e. The fourth-order valence-corrected chi connectivity index (χ4v) is 11.3. The van der Waals surface area contributed by atoms with Gasteiger partial charge in [0.05, 0.1) is 53.6 Å². The number of non-ortho nitro benzene ring substituents is 1. The average Bonchev–Trinajstić information content (AvgIpc) is 4.19. The first-order chi connectivity index (χ1) is 36.7. The van der Waals surface area contributed by atoms with Crippen molar-refractivity contribution in [2.24, 2.45) is 23.7 Å². The second kappa shape index (κ2) is 25.6. The highest BCUT2D eigenvalue weighted by molar-refractivity contribution is 6.00. The first-order valence-electron chi connectivity index (χ1n) is 26.6. The van der Waals surface area contributed by atoms with Crippen LogP contribution in [-0.2, 0) is 51.0 Å². The molecule has 6 heterocycles. The SMILES string of the molecule is CC[C@H]1OC(=O)[C@H](C)C(=O)[C@H](C)[C@@H](O[C@@H]2O[C@H](C)C[C@H](N(C)CCc3cn([C@H](CO)[C@H](O)c4ccc([N+](=O)[O-])cc4)nn3)[C@H]2O)[C@H](OC)C[C@@H](C)C(=O)[C@H](C)[C@H]2N(CCCCn3cnc(-c4cccnc4)c3)C(=O)O[C@]12C. The van der Waals surface area contributed by atoms with Crippen LogP contribution in [-0.4, -0.2) is 172 Å². The summed E-state index contributed by atoms with van der Waals surface area (Å²) in [7, 11) is 3.28. The van der Waals surface area contributed by atoms with E-state index >= 15 is 0 Å². The number of carbonyl (C=O) groups is 4. The van der Waals surface area contributed by atoms with Crippen molar-refractivity contribution in [3.8, 4) is 11.3 Å². The third-order valence-corrected chi connectivity index (χ3v) is 15.9. The van der Waals surface area contributed by atoms with Crippen LogP contribution < -0.4 is 0 Å². The van der Waals surface area contributed by atoms with E-state index in [0.29, 0.717) is 50.0 Å². The molecule has 23 heteroatoms. The highest BCUT2D eigenvalue weighted by Gasteiger charge is 2.60. The number of likely N-dealkylation sites (N-methyl/N-ethyl adjacent to an activating group) is 1. The Morgan fingerprint density at radius 3 is 2.39 bits per heavy atom. The number of cyclic esters (lactones) is 1. The average molecular weight is 1070 g/mol. The van der Waals surface area contributed by atoms with Crippen molar-refractivity contribution < 1.29 is 63.1 Å². The predicted molar refractivity (Wildman–Crippen MR) is 276 cm³/mol. The number of hydrogen-bond acceptors (Lipinski definition) is 19.